The minimum atomic E-state index is -0.191. The predicted octanol–water partition coefficient (Wildman–Crippen LogP) is 5.54. The van der Waals surface area contributed by atoms with E-state index in [1.165, 1.54) is 69.8 Å². The molecule has 0 saturated heterocycles. The molecule has 1 N–H and O–H groups in total. The van der Waals surface area contributed by atoms with Crippen LogP contribution >= 0.6 is 0 Å². The van der Waals surface area contributed by atoms with Crippen molar-refractivity contribution in [3.63, 3.8) is 0 Å². The van der Waals surface area contributed by atoms with Crippen LogP contribution in [0.25, 0.3) is 0 Å². The highest BCUT2D eigenvalue weighted by molar-refractivity contribution is 5.25. The first kappa shape index (κ1) is 16.5. The normalized spacial score (nSPS) is 15.8. The minimum absolute atomic E-state index is 0.191. The maximum Gasteiger partial charge on any atom is 0.0756 e. The Morgan fingerprint density at radius 2 is 1.53 bits per heavy atom. The minimum Gasteiger partial charge on any atom is -0.389 e. The summed E-state index contributed by atoms with van der Waals surface area (Å²) < 4.78 is 0. The maximum atomic E-state index is 9.96. The Balaban J connectivity index is 1.81. The van der Waals surface area contributed by atoms with Crippen molar-refractivity contribution < 1.29 is 5.11 Å². The summed E-state index contributed by atoms with van der Waals surface area (Å²) in [4.78, 5) is 0. The van der Waals surface area contributed by atoms with Crippen molar-refractivity contribution in [2.75, 3.05) is 0 Å². The van der Waals surface area contributed by atoms with Gasteiger partial charge in [0.15, 0.2) is 0 Å². The zero-order valence-electron chi connectivity index (χ0n) is 12.7. The Morgan fingerprint density at radius 1 is 0.947 bits per heavy atom. The van der Waals surface area contributed by atoms with Crippen LogP contribution in [0.1, 0.15) is 84.0 Å². The number of hydrogen-bond donors (Lipinski definition) is 1. The summed E-state index contributed by atoms with van der Waals surface area (Å²) in [6, 6.07) is 0. The Bertz CT molecular complexity index is 265. The van der Waals surface area contributed by atoms with Gasteiger partial charge in [0, 0.05) is 0 Å². The fraction of sp³-hybridized carbons (Fsp3) is 0.778. The van der Waals surface area contributed by atoms with Gasteiger partial charge in [-0.2, -0.15) is 0 Å². The Kier molecular flexibility index (Phi) is 9.79. The van der Waals surface area contributed by atoms with Gasteiger partial charge in [0.2, 0.25) is 0 Å². The SMILES string of the molecule is CCCCCCCCCCCCC(O)C1=CC=CC1. The Morgan fingerprint density at radius 3 is 2.05 bits per heavy atom. The lowest BCUT2D eigenvalue weighted by Crippen LogP contribution is -2.08. The predicted molar refractivity (Wildman–Crippen MR) is 84.3 cm³/mol. The van der Waals surface area contributed by atoms with Crippen molar-refractivity contribution in [2.24, 2.45) is 0 Å². The molecular weight excluding hydrogens is 232 g/mol. The van der Waals surface area contributed by atoms with Crippen LogP contribution < -0.4 is 0 Å². The van der Waals surface area contributed by atoms with Crippen LogP contribution in [-0.2, 0) is 0 Å². The van der Waals surface area contributed by atoms with Gasteiger partial charge >= 0.3 is 0 Å². The molecular formula is C18H32O. The van der Waals surface area contributed by atoms with Gasteiger partial charge in [-0.25, -0.2) is 0 Å². The summed E-state index contributed by atoms with van der Waals surface area (Å²) in [5.41, 5.74) is 1.20. The van der Waals surface area contributed by atoms with Crippen LogP contribution in [0.5, 0.6) is 0 Å². The summed E-state index contributed by atoms with van der Waals surface area (Å²) >= 11 is 0. The molecule has 1 rings (SSSR count). The molecule has 1 aliphatic rings. The lowest BCUT2D eigenvalue weighted by atomic mass is 10.0. The third kappa shape index (κ3) is 8.26. The Labute approximate surface area is 119 Å². The number of allylic oxidation sites excluding steroid dienone is 3. The molecule has 0 saturated carbocycles. The van der Waals surface area contributed by atoms with E-state index in [9.17, 15) is 5.11 Å². The first-order chi connectivity index (χ1) is 9.34. The van der Waals surface area contributed by atoms with Gasteiger partial charge in [-0.15, -0.1) is 0 Å². The van der Waals surface area contributed by atoms with Crippen LogP contribution in [0.4, 0.5) is 0 Å². The molecule has 0 aromatic carbocycles. The van der Waals surface area contributed by atoms with E-state index in [0.717, 1.165) is 12.8 Å². The fourth-order valence-electron chi connectivity index (χ4n) is 2.72. The summed E-state index contributed by atoms with van der Waals surface area (Å²) in [5, 5.41) is 9.96. The van der Waals surface area contributed by atoms with E-state index < -0.39 is 0 Å². The van der Waals surface area contributed by atoms with E-state index in [1.807, 2.05) is 0 Å². The van der Waals surface area contributed by atoms with Crippen molar-refractivity contribution in [3.8, 4) is 0 Å². The second-order valence-electron chi connectivity index (χ2n) is 5.86. The van der Waals surface area contributed by atoms with Crippen molar-refractivity contribution in [1.82, 2.24) is 0 Å². The average molecular weight is 264 g/mol. The summed E-state index contributed by atoms with van der Waals surface area (Å²) in [6.07, 6.45) is 21.6. The molecule has 0 aromatic rings. The molecule has 1 unspecified atom stereocenters. The van der Waals surface area contributed by atoms with Gasteiger partial charge in [0.1, 0.15) is 0 Å². The van der Waals surface area contributed by atoms with Crippen LogP contribution in [-0.4, -0.2) is 11.2 Å². The summed E-state index contributed by atoms with van der Waals surface area (Å²) in [6.45, 7) is 2.27. The molecule has 0 heterocycles. The zero-order chi connectivity index (χ0) is 13.8. The van der Waals surface area contributed by atoms with E-state index in [-0.39, 0.29) is 6.10 Å². The van der Waals surface area contributed by atoms with Gasteiger partial charge in [-0.1, -0.05) is 89.4 Å². The topological polar surface area (TPSA) is 20.2 Å². The van der Waals surface area contributed by atoms with Crippen LogP contribution in [0.15, 0.2) is 23.8 Å². The summed E-state index contributed by atoms with van der Waals surface area (Å²) in [5.74, 6) is 0. The molecule has 0 amide bonds. The highest BCUT2D eigenvalue weighted by Gasteiger charge is 2.10. The van der Waals surface area contributed by atoms with Gasteiger partial charge in [0.25, 0.3) is 0 Å². The lowest BCUT2D eigenvalue weighted by Gasteiger charge is -2.11. The third-order valence-corrected chi connectivity index (χ3v) is 4.06. The molecule has 0 bridgehead atoms. The number of hydrogen-bond acceptors (Lipinski definition) is 1. The smallest absolute Gasteiger partial charge is 0.0756 e. The lowest BCUT2D eigenvalue weighted by molar-refractivity contribution is 0.194. The molecule has 1 aliphatic carbocycles. The molecule has 1 atom stereocenters. The molecule has 0 aromatic heterocycles. The molecule has 1 heteroatoms. The van der Waals surface area contributed by atoms with Crippen LogP contribution in [0, 0.1) is 0 Å². The van der Waals surface area contributed by atoms with Crippen molar-refractivity contribution in [2.45, 2.75) is 90.1 Å². The van der Waals surface area contributed by atoms with Crippen LogP contribution in [0.3, 0.4) is 0 Å². The fourth-order valence-corrected chi connectivity index (χ4v) is 2.72. The molecule has 0 aliphatic heterocycles. The monoisotopic (exact) mass is 264 g/mol. The van der Waals surface area contributed by atoms with E-state index in [4.69, 9.17) is 0 Å². The van der Waals surface area contributed by atoms with E-state index >= 15 is 0 Å². The second kappa shape index (κ2) is 11.3. The number of rotatable bonds is 12. The molecule has 19 heavy (non-hydrogen) atoms. The molecule has 0 spiro atoms. The van der Waals surface area contributed by atoms with E-state index in [0.29, 0.717) is 0 Å². The standard InChI is InChI=1S/C18H32O/c1-2-3-4-5-6-7-8-9-10-11-16-18(19)17-14-12-13-15-17/h12-14,18-19H,2-11,15-16H2,1H3. The summed E-state index contributed by atoms with van der Waals surface area (Å²) in [7, 11) is 0. The van der Waals surface area contributed by atoms with Crippen LogP contribution in [0.2, 0.25) is 0 Å². The zero-order valence-corrected chi connectivity index (χ0v) is 12.7. The number of unbranched alkanes of at least 4 members (excludes halogenated alkanes) is 9. The van der Waals surface area contributed by atoms with Crippen molar-refractivity contribution in [1.29, 1.82) is 0 Å². The highest BCUT2D eigenvalue weighted by atomic mass is 16.3. The molecule has 110 valence electrons. The van der Waals surface area contributed by atoms with Gasteiger partial charge < -0.3 is 5.11 Å². The number of aliphatic hydroxyl groups excluding tert-OH is 1. The first-order valence-corrected chi connectivity index (χ1v) is 8.38. The van der Waals surface area contributed by atoms with E-state index in [2.05, 4.69) is 25.2 Å². The van der Waals surface area contributed by atoms with Crippen molar-refractivity contribution in [3.05, 3.63) is 23.8 Å². The maximum absolute atomic E-state index is 9.96. The van der Waals surface area contributed by atoms with Gasteiger partial charge in [-0.3, -0.25) is 0 Å². The average Bonchev–Trinajstić information content (AvgIpc) is 2.95. The first-order valence-electron chi connectivity index (χ1n) is 8.38. The molecule has 0 fully saturated rings. The van der Waals surface area contributed by atoms with Gasteiger partial charge in [-0.05, 0) is 18.4 Å². The van der Waals surface area contributed by atoms with Gasteiger partial charge in [0.05, 0.1) is 6.10 Å². The quantitative estimate of drug-likeness (QED) is 0.458. The van der Waals surface area contributed by atoms with E-state index in [1.54, 1.807) is 0 Å². The largest absolute Gasteiger partial charge is 0.389 e. The second-order valence-corrected chi connectivity index (χ2v) is 5.86. The number of aliphatic hydroxyl groups is 1. The highest BCUT2D eigenvalue weighted by Crippen LogP contribution is 2.19. The molecule has 1 nitrogen and oxygen atoms in total. The third-order valence-electron chi connectivity index (χ3n) is 4.06. The molecule has 0 radical (unpaired) electrons. The van der Waals surface area contributed by atoms with Crippen molar-refractivity contribution >= 4 is 0 Å². The Hall–Kier alpha value is -0.560.